The van der Waals surface area contributed by atoms with Crippen molar-refractivity contribution in [2.45, 2.75) is 26.2 Å². The van der Waals surface area contributed by atoms with Crippen LogP contribution in [0.25, 0.3) is 11.1 Å². The summed E-state index contributed by atoms with van der Waals surface area (Å²) in [5.41, 5.74) is 4.82. The number of phenols is 2. The summed E-state index contributed by atoms with van der Waals surface area (Å²) < 4.78 is 0. The van der Waals surface area contributed by atoms with Gasteiger partial charge < -0.3 is 10.2 Å². The Balaban J connectivity index is 2.01. The minimum Gasteiger partial charge on any atom is -0.508 e. The number of rotatable bonds is 1. The Bertz CT molecular complexity index is 846. The van der Waals surface area contributed by atoms with Crippen LogP contribution in [-0.4, -0.2) is 16.0 Å². The summed E-state index contributed by atoms with van der Waals surface area (Å²) in [6.07, 6.45) is 2.22. The third-order valence-corrected chi connectivity index (χ3v) is 5.13. The first-order valence-electron chi connectivity index (χ1n) is 7.87. The van der Waals surface area contributed by atoms with E-state index in [2.05, 4.69) is 6.92 Å². The van der Waals surface area contributed by atoms with Crippen LogP contribution in [0.15, 0.2) is 42.5 Å². The highest BCUT2D eigenvalue weighted by atomic mass is 16.3. The third kappa shape index (κ3) is 2.07. The minimum atomic E-state index is -0.0722. The minimum absolute atomic E-state index is 0.0722. The monoisotopic (exact) mass is 306 g/mol. The molecule has 2 aliphatic carbocycles. The number of allylic oxidation sites excluding steroid dienone is 2. The molecule has 0 heterocycles. The Morgan fingerprint density at radius 2 is 1.70 bits per heavy atom. The molecule has 0 fully saturated rings. The van der Waals surface area contributed by atoms with Gasteiger partial charge in [0, 0.05) is 12.0 Å². The molecule has 2 aromatic rings. The number of benzene rings is 2. The van der Waals surface area contributed by atoms with Crippen molar-refractivity contribution in [3.8, 4) is 11.5 Å². The number of hydrogen-bond acceptors (Lipinski definition) is 3. The van der Waals surface area contributed by atoms with Crippen LogP contribution in [0.4, 0.5) is 0 Å². The highest BCUT2D eigenvalue weighted by molar-refractivity contribution is 6.30. The zero-order valence-electron chi connectivity index (χ0n) is 13.0. The van der Waals surface area contributed by atoms with Gasteiger partial charge in [-0.05, 0) is 64.8 Å². The molecule has 3 heteroatoms. The topological polar surface area (TPSA) is 57.5 Å². The number of aromatic hydroxyl groups is 2. The van der Waals surface area contributed by atoms with Gasteiger partial charge in [0.2, 0.25) is 0 Å². The number of phenolic OH excluding ortho intramolecular Hbond substituents is 2. The second-order valence-corrected chi connectivity index (χ2v) is 6.80. The third-order valence-electron chi connectivity index (χ3n) is 5.13. The van der Waals surface area contributed by atoms with E-state index in [-0.39, 0.29) is 22.7 Å². The summed E-state index contributed by atoms with van der Waals surface area (Å²) in [5.74, 6) is 0.621. The van der Waals surface area contributed by atoms with Gasteiger partial charge in [-0.1, -0.05) is 25.1 Å². The van der Waals surface area contributed by atoms with Crippen molar-refractivity contribution in [3.63, 3.8) is 0 Å². The lowest BCUT2D eigenvalue weighted by Gasteiger charge is -2.33. The molecule has 2 N–H and O–H groups in total. The first kappa shape index (κ1) is 14.1. The van der Waals surface area contributed by atoms with E-state index < -0.39 is 0 Å². The average molecular weight is 306 g/mol. The largest absolute Gasteiger partial charge is 0.508 e. The van der Waals surface area contributed by atoms with Gasteiger partial charge in [0.05, 0.1) is 0 Å². The Hall–Kier alpha value is -2.55. The molecule has 0 aromatic heterocycles. The van der Waals surface area contributed by atoms with E-state index in [0.717, 1.165) is 40.7 Å². The van der Waals surface area contributed by atoms with Crippen LogP contribution in [0.3, 0.4) is 0 Å². The normalized spacial score (nSPS) is 22.9. The van der Waals surface area contributed by atoms with Crippen molar-refractivity contribution in [2.24, 2.45) is 5.41 Å². The fourth-order valence-corrected chi connectivity index (χ4v) is 4.04. The van der Waals surface area contributed by atoms with E-state index in [9.17, 15) is 15.0 Å². The zero-order chi connectivity index (χ0) is 16.2. The molecule has 1 atom stereocenters. The Kier molecular flexibility index (Phi) is 2.89. The summed E-state index contributed by atoms with van der Waals surface area (Å²) in [5, 5.41) is 19.3. The fourth-order valence-electron chi connectivity index (χ4n) is 4.04. The van der Waals surface area contributed by atoms with E-state index in [0.29, 0.717) is 6.42 Å². The molecule has 0 bridgehead atoms. The van der Waals surface area contributed by atoms with Crippen LogP contribution in [0.2, 0.25) is 0 Å². The SMILES string of the molecule is CC12CCC(=O)C(c3ccc(O)cc3)=C1c1ccc(O)cc1C2. The van der Waals surface area contributed by atoms with E-state index in [1.165, 1.54) is 0 Å². The molecule has 0 aliphatic heterocycles. The van der Waals surface area contributed by atoms with E-state index in [1.807, 2.05) is 12.1 Å². The molecule has 0 saturated heterocycles. The first-order valence-corrected chi connectivity index (χ1v) is 7.87. The molecule has 0 amide bonds. The van der Waals surface area contributed by atoms with Crippen molar-refractivity contribution in [1.82, 2.24) is 0 Å². The molecule has 2 aliphatic rings. The highest BCUT2D eigenvalue weighted by Crippen LogP contribution is 2.55. The van der Waals surface area contributed by atoms with Gasteiger partial charge >= 0.3 is 0 Å². The van der Waals surface area contributed by atoms with Crippen LogP contribution in [0, 0.1) is 5.41 Å². The summed E-state index contributed by atoms with van der Waals surface area (Å²) in [7, 11) is 0. The van der Waals surface area contributed by atoms with E-state index >= 15 is 0 Å². The number of hydrogen-bond donors (Lipinski definition) is 2. The number of carbonyl (C=O) groups excluding carboxylic acids is 1. The Morgan fingerprint density at radius 3 is 2.43 bits per heavy atom. The van der Waals surface area contributed by atoms with Crippen LogP contribution < -0.4 is 0 Å². The maximum absolute atomic E-state index is 12.7. The standard InChI is InChI=1S/C20H18O3/c1-20-9-8-17(23)18(12-2-4-14(21)5-3-12)19(20)16-7-6-15(22)10-13(16)11-20/h2-7,10,21-22H,8-9,11H2,1H3. The lowest BCUT2D eigenvalue weighted by atomic mass is 9.70. The fraction of sp³-hybridized carbons (Fsp3) is 0.250. The molecule has 1 unspecified atom stereocenters. The van der Waals surface area contributed by atoms with Crippen molar-refractivity contribution in [2.75, 3.05) is 0 Å². The second-order valence-electron chi connectivity index (χ2n) is 6.80. The average Bonchev–Trinajstić information content (AvgIpc) is 2.80. The Labute approximate surface area is 134 Å². The smallest absolute Gasteiger partial charge is 0.163 e. The van der Waals surface area contributed by atoms with Crippen molar-refractivity contribution in [1.29, 1.82) is 0 Å². The van der Waals surface area contributed by atoms with Crippen molar-refractivity contribution in [3.05, 3.63) is 59.2 Å². The maximum atomic E-state index is 12.7. The molecule has 3 nitrogen and oxygen atoms in total. The van der Waals surface area contributed by atoms with Gasteiger partial charge in [-0.2, -0.15) is 0 Å². The van der Waals surface area contributed by atoms with Crippen LogP contribution in [-0.2, 0) is 11.2 Å². The van der Waals surface area contributed by atoms with E-state index in [4.69, 9.17) is 0 Å². The van der Waals surface area contributed by atoms with Gasteiger partial charge in [0.1, 0.15) is 11.5 Å². The van der Waals surface area contributed by atoms with Gasteiger partial charge in [-0.15, -0.1) is 0 Å². The quantitative estimate of drug-likeness (QED) is 0.839. The highest BCUT2D eigenvalue weighted by Gasteiger charge is 2.44. The predicted molar refractivity (Wildman–Crippen MR) is 89.1 cm³/mol. The molecule has 2 aromatic carbocycles. The van der Waals surface area contributed by atoms with Crippen LogP contribution in [0.1, 0.15) is 36.5 Å². The molecular formula is C20H18O3. The lowest BCUT2D eigenvalue weighted by molar-refractivity contribution is -0.114. The van der Waals surface area contributed by atoms with Crippen LogP contribution in [0.5, 0.6) is 11.5 Å². The lowest BCUT2D eigenvalue weighted by Crippen LogP contribution is -2.25. The zero-order valence-corrected chi connectivity index (χ0v) is 13.0. The molecule has 4 rings (SSSR count). The number of fused-ring (bicyclic) bond motifs is 3. The predicted octanol–water partition coefficient (Wildman–Crippen LogP) is 3.93. The molecule has 116 valence electrons. The molecular weight excluding hydrogens is 288 g/mol. The molecule has 23 heavy (non-hydrogen) atoms. The maximum Gasteiger partial charge on any atom is 0.163 e. The summed E-state index contributed by atoms with van der Waals surface area (Å²) >= 11 is 0. The summed E-state index contributed by atoms with van der Waals surface area (Å²) in [6.45, 7) is 2.20. The molecule has 0 spiro atoms. The number of carbonyl (C=O) groups is 1. The number of Topliss-reactive ketones (excluding diaryl/α,β-unsaturated/α-hetero) is 1. The number of ketones is 1. The first-order chi connectivity index (χ1) is 11.0. The molecule has 0 radical (unpaired) electrons. The van der Waals surface area contributed by atoms with Crippen LogP contribution >= 0.6 is 0 Å². The Morgan fingerprint density at radius 1 is 1.00 bits per heavy atom. The van der Waals surface area contributed by atoms with Gasteiger partial charge in [0.25, 0.3) is 0 Å². The summed E-state index contributed by atoms with van der Waals surface area (Å²) in [4.78, 5) is 12.7. The van der Waals surface area contributed by atoms with Crippen molar-refractivity contribution >= 4 is 16.9 Å². The molecule has 0 saturated carbocycles. The van der Waals surface area contributed by atoms with Gasteiger partial charge in [0.15, 0.2) is 5.78 Å². The van der Waals surface area contributed by atoms with Crippen molar-refractivity contribution < 1.29 is 15.0 Å². The summed E-state index contributed by atoms with van der Waals surface area (Å²) in [6, 6.07) is 12.3. The van der Waals surface area contributed by atoms with Gasteiger partial charge in [-0.25, -0.2) is 0 Å². The second kappa shape index (κ2) is 4.72. The van der Waals surface area contributed by atoms with E-state index in [1.54, 1.807) is 30.3 Å². The van der Waals surface area contributed by atoms with Gasteiger partial charge in [-0.3, -0.25) is 4.79 Å².